The number of nitrogens with zero attached hydrogens (tertiary/aromatic N) is 1. The van der Waals surface area contributed by atoms with E-state index in [1.165, 1.54) is 70.6 Å². The van der Waals surface area contributed by atoms with E-state index in [2.05, 4.69) is 6.92 Å². The standard InChI is InChI=1S/C34H47NO4/c1-3-4-5-6-7-8-9-10-11-12-13-14-15-19-26-35-31(27-20-17-16-18-21-27)30(33(37)34(35)38)32(36)28-22-24-29(39-2)25-23-28/h16-18,20-25,31,36H,3-15,19,26H2,1-2H3/t31-/m0/s1. The number of likely N-dealkylation sites (tertiary alicyclic amines) is 1. The van der Waals surface area contributed by atoms with E-state index in [-0.39, 0.29) is 11.3 Å². The third-order valence-corrected chi connectivity index (χ3v) is 7.77. The highest BCUT2D eigenvalue weighted by molar-refractivity contribution is 6.46. The van der Waals surface area contributed by atoms with Crippen LogP contribution in [0.5, 0.6) is 5.75 Å². The number of carbonyl (C=O) groups is 2. The second kappa shape index (κ2) is 16.8. The van der Waals surface area contributed by atoms with E-state index in [4.69, 9.17) is 4.74 Å². The first-order valence-corrected chi connectivity index (χ1v) is 15.1. The van der Waals surface area contributed by atoms with Crippen molar-refractivity contribution in [3.05, 3.63) is 71.3 Å². The van der Waals surface area contributed by atoms with Crippen LogP contribution in [0.1, 0.15) is 114 Å². The summed E-state index contributed by atoms with van der Waals surface area (Å²) in [6.45, 7) is 2.76. The predicted molar refractivity (Wildman–Crippen MR) is 159 cm³/mol. The van der Waals surface area contributed by atoms with Crippen molar-refractivity contribution in [3.8, 4) is 5.75 Å². The van der Waals surface area contributed by atoms with Crippen molar-refractivity contribution in [3.63, 3.8) is 0 Å². The number of methoxy groups -OCH3 is 1. The van der Waals surface area contributed by atoms with Crippen molar-refractivity contribution in [1.82, 2.24) is 4.90 Å². The summed E-state index contributed by atoms with van der Waals surface area (Å²) in [5.41, 5.74) is 1.48. The highest BCUT2D eigenvalue weighted by Crippen LogP contribution is 2.39. The van der Waals surface area contributed by atoms with Crippen LogP contribution < -0.4 is 4.74 Å². The lowest BCUT2D eigenvalue weighted by atomic mass is 9.95. The van der Waals surface area contributed by atoms with E-state index in [9.17, 15) is 14.7 Å². The van der Waals surface area contributed by atoms with E-state index in [0.717, 1.165) is 24.8 Å². The van der Waals surface area contributed by atoms with Crippen LogP contribution in [0.25, 0.3) is 5.76 Å². The fourth-order valence-corrected chi connectivity index (χ4v) is 5.47. The Bertz CT molecular complexity index is 1040. The smallest absolute Gasteiger partial charge is 0.295 e. The van der Waals surface area contributed by atoms with E-state index < -0.39 is 17.7 Å². The highest BCUT2D eigenvalue weighted by Gasteiger charge is 2.45. The fourth-order valence-electron chi connectivity index (χ4n) is 5.47. The molecular weight excluding hydrogens is 486 g/mol. The van der Waals surface area contributed by atoms with Gasteiger partial charge in [-0.05, 0) is 36.2 Å². The molecule has 0 unspecified atom stereocenters. The number of Topliss-reactive ketones (excluding diaryl/α,β-unsaturated/α-hetero) is 1. The summed E-state index contributed by atoms with van der Waals surface area (Å²) >= 11 is 0. The minimum atomic E-state index is -0.623. The van der Waals surface area contributed by atoms with Gasteiger partial charge in [0.1, 0.15) is 11.5 Å². The Balaban J connectivity index is 1.51. The molecule has 212 valence electrons. The lowest BCUT2D eigenvalue weighted by Gasteiger charge is -2.25. The average molecular weight is 534 g/mol. The molecule has 3 rings (SSSR count). The van der Waals surface area contributed by atoms with Crippen molar-refractivity contribution < 1.29 is 19.4 Å². The maximum absolute atomic E-state index is 13.2. The van der Waals surface area contributed by atoms with Crippen LogP contribution in [0.4, 0.5) is 0 Å². The molecule has 5 nitrogen and oxygen atoms in total. The topological polar surface area (TPSA) is 66.8 Å². The molecule has 2 aromatic rings. The number of hydrogen-bond donors (Lipinski definition) is 1. The molecule has 5 heteroatoms. The number of amides is 1. The molecule has 0 aliphatic carbocycles. The number of ketones is 1. The number of ether oxygens (including phenoxy) is 1. The van der Waals surface area contributed by atoms with Gasteiger partial charge in [0.15, 0.2) is 0 Å². The minimum Gasteiger partial charge on any atom is -0.507 e. The fraction of sp³-hybridized carbons (Fsp3) is 0.529. The summed E-state index contributed by atoms with van der Waals surface area (Å²) in [6.07, 6.45) is 17.7. The summed E-state index contributed by atoms with van der Waals surface area (Å²) in [6, 6.07) is 15.8. The zero-order chi connectivity index (χ0) is 27.9. The van der Waals surface area contributed by atoms with Gasteiger partial charge in [-0.15, -0.1) is 0 Å². The molecule has 1 atom stereocenters. The van der Waals surface area contributed by atoms with Gasteiger partial charge in [0.2, 0.25) is 0 Å². The number of carbonyl (C=O) groups excluding carboxylic acids is 2. The second-order valence-electron chi connectivity index (χ2n) is 10.7. The number of aliphatic hydroxyl groups excluding tert-OH is 1. The molecule has 1 fully saturated rings. The number of hydrogen-bond acceptors (Lipinski definition) is 4. The molecule has 1 N–H and O–H groups in total. The van der Waals surface area contributed by atoms with Crippen molar-refractivity contribution in [1.29, 1.82) is 0 Å². The molecular formula is C34H47NO4. The first kappa shape index (κ1) is 30.5. The lowest BCUT2D eigenvalue weighted by molar-refractivity contribution is -0.139. The number of aliphatic hydroxyl groups is 1. The molecule has 0 spiro atoms. The number of benzene rings is 2. The Hall–Kier alpha value is -3.08. The van der Waals surface area contributed by atoms with Gasteiger partial charge in [-0.25, -0.2) is 0 Å². The van der Waals surface area contributed by atoms with Crippen LogP contribution >= 0.6 is 0 Å². The number of rotatable bonds is 18. The van der Waals surface area contributed by atoms with E-state index in [1.54, 1.807) is 36.3 Å². The third kappa shape index (κ3) is 8.98. The molecule has 0 bridgehead atoms. The molecule has 1 aliphatic rings. The Labute approximate surface area is 235 Å². The lowest BCUT2D eigenvalue weighted by Crippen LogP contribution is -2.30. The molecule has 1 aliphatic heterocycles. The van der Waals surface area contributed by atoms with E-state index >= 15 is 0 Å². The van der Waals surface area contributed by atoms with E-state index in [1.807, 2.05) is 30.3 Å². The van der Waals surface area contributed by atoms with Crippen LogP contribution in [-0.4, -0.2) is 35.4 Å². The van der Waals surface area contributed by atoms with Gasteiger partial charge in [-0.1, -0.05) is 121 Å². The minimum absolute atomic E-state index is 0.145. The van der Waals surface area contributed by atoms with E-state index in [0.29, 0.717) is 17.9 Å². The third-order valence-electron chi connectivity index (χ3n) is 7.77. The molecule has 0 saturated carbocycles. The van der Waals surface area contributed by atoms with Crippen molar-refractivity contribution in [2.24, 2.45) is 0 Å². The van der Waals surface area contributed by atoms with Crippen molar-refractivity contribution >= 4 is 17.4 Å². The summed E-state index contributed by atoms with van der Waals surface area (Å²) in [5, 5.41) is 11.2. The van der Waals surface area contributed by atoms with Gasteiger partial charge in [0.05, 0.1) is 18.7 Å². The number of unbranched alkanes of at least 4 members (excludes halogenated alkanes) is 13. The first-order valence-electron chi connectivity index (χ1n) is 15.1. The van der Waals surface area contributed by atoms with Crippen LogP contribution in [-0.2, 0) is 9.59 Å². The zero-order valence-electron chi connectivity index (χ0n) is 24.0. The zero-order valence-corrected chi connectivity index (χ0v) is 24.0. The summed E-state index contributed by atoms with van der Waals surface area (Å²) in [4.78, 5) is 27.9. The van der Waals surface area contributed by atoms with Crippen molar-refractivity contribution in [2.45, 2.75) is 103 Å². The molecule has 1 heterocycles. The summed E-state index contributed by atoms with van der Waals surface area (Å²) < 4.78 is 5.21. The van der Waals surface area contributed by atoms with Crippen LogP contribution in [0.15, 0.2) is 60.2 Å². The maximum atomic E-state index is 13.2. The van der Waals surface area contributed by atoms with Crippen LogP contribution in [0.2, 0.25) is 0 Å². The Morgan fingerprint density at radius 2 is 1.26 bits per heavy atom. The molecule has 1 amide bonds. The predicted octanol–water partition coefficient (Wildman–Crippen LogP) is 8.60. The summed E-state index contributed by atoms with van der Waals surface area (Å²) in [5.74, 6) is -0.645. The van der Waals surface area contributed by atoms with Crippen molar-refractivity contribution in [2.75, 3.05) is 13.7 Å². The highest BCUT2D eigenvalue weighted by atomic mass is 16.5. The van der Waals surface area contributed by atoms with Gasteiger partial charge < -0.3 is 14.7 Å². The van der Waals surface area contributed by atoms with Crippen LogP contribution in [0, 0.1) is 0 Å². The largest absolute Gasteiger partial charge is 0.507 e. The van der Waals surface area contributed by atoms with Gasteiger partial charge in [0.25, 0.3) is 11.7 Å². The molecule has 0 aromatic heterocycles. The van der Waals surface area contributed by atoms with Gasteiger partial charge >= 0.3 is 0 Å². The Kier molecular flexibility index (Phi) is 13.1. The van der Waals surface area contributed by atoms with Gasteiger partial charge in [0, 0.05) is 12.1 Å². The maximum Gasteiger partial charge on any atom is 0.295 e. The monoisotopic (exact) mass is 533 g/mol. The molecule has 2 aromatic carbocycles. The van der Waals surface area contributed by atoms with Crippen LogP contribution in [0.3, 0.4) is 0 Å². The quantitative estimate of drug-likeness (QED) is 0.0901. The first-order chi connectivity index (χ1) is 19.1. The normalized spacial score (nSPS) is 16.7. The Morgan fingerprint density at radius 3 is 1.77 bits per heavy atom. The van der Waals surface area contributed by atoms with Gasteiger partial charge in [-0.3, -0.25) is 9.59 Å². The SMILES string of the molecule is CCCCCCCCCCCCCCCCN1C(=O)C(=O)C(=C(O)c2ccc(OC)cc2)[C@@H]1c1ccccc1. The molecule has 1 saturated heterocycles. The molecule has 0 radical (unpaired) electrons. The Morgan fingerprint density at radius 1 is 0.744 bits per heavy atom. The average Bonchev–Trinajstić information content (AvgIpc) is 3.22. The van der Waals surface area contributed by atoms with Gasteiger partial charge in [-0.2, -0.15) is 0 Å². The molecule has 39 heavy (non-hydrogen) atoms. The second-order valence-corrected chi connectivity index (χ2v) is 10.7. The summed E-state index contributed by atoms with van der Waals surface area (Å²) in [7, 11) is 1.58.